The van der Waals surface area contributed by atoms with E-state index in [0.717, 1.165) is 73.5 Å². The van der Waals surface area contributed by atoms with E-state index in [0.29, 0.717) is 30.2 Å². The number of imidazole rings is 1. The van der Waals surface area contributed by atoms with Crippen molar-refractivity contribution in [3.63, 3.8) is 0 Å². The summed E-state index contributed by atoms with van der Waals surface area (Å²) in [5.41, 5.74) is 3.46. The third-order valence-corrected chi connectivity index (χ3v) is 8.68. The molecule has 0 radical (unpaired) electrons. The van der Waals surface area contributed by atoms with E-state index in [-0.39, 0.29) is 6.54 Å². The number of hydrogen-bond acceptors (Lipinski definition) is 3. The number of para-hydroxylation sites is 2. The first-order chi connectivity index (χ1) is 18.4. The maximum absolute atomic E-state index is 13.2. The molecule has 0 N–H and O–H groups in total. The summed E-state index contributed by atoms with van der Waals surface area (Å²) in [5.74, 6) is 2.32. The summed E-state index contributed by atoms with van der Waals surface area (Å²) in [6.45, 7) is 2.74. The van der Waals surface area contributed by atoms with Gasteiger partial charge in [-0.15, -0.1) is 0 Å². The maximum atomic E-state index is 13.2. The van der Waals surface area contributed by atoms with Crippen molar-refractivity contribution >= 4 is 21.3 Å². The largest absolute Gasteiger partial charge is 0.497 e. The summed E-state index contributed by atoms with van der Waals surface area (Å²) in [6.07, 6.45) is 4.34. The number of rotatable bonds is 9. The topological polar surface area (TPSA) is 30.3 Å². The molecule has 0 atom stereocenters. The molecule has 1 fully saturated rings. The van der Waals surface area contributed by atoms with Gasteiger partial charge in [-0.05, 0) is 92.2 Å². The van der Waals surface area contributed by atoms with Gasteiger partial charge >= 0.3 is 10.2 Å². The van der Waals surface area contributed by atoms with Gasteiger partial charge in [0.1, 0.15) is 16.5 Å². The molecule has 1 aromatic heterocycles. The van der Waals surface area contributed by atoms with Gasteiger partial charge in [0.15, 0.2) is 0 Å². The van der Waals surface area contributed by atoms with Crippen molar-refractivity contribution in [1.29, 1.82) is 0 Å². The number of halogens is 5. The van der Waals surface area contributed by atoms with E-state index in [9.17, 15) is 19.4 Å². The zero-order valence-corrected chi connectivity index (χ0v) is 22.5. The average molecular weight is 566 g/mol. The first kappa shape index (κ1) is 27.5. The molecule has 0 saturated carbocycles. The Balaban J connectivity index is 1.24. The van der Waals surface area contributed by atoms with Crippen LogP contribution in [0, 0.1) is 5.92 Å². The van der Waals surface area contributed by atoms with Crippen LogP contribution in [0.1, 0.15) is 36.2 Å². The van der Waals surface area contributed by atoms with Gasteiger partial charge in [0.2, 0.25) is 0 Å². The van der Waals surface area contributed by atoms with Crippen LogP contribution in [0.5, 0.6) is 5.75 Å². The molecule has 0 amide bonds. The molecule has 4 nitrogen and oxygen atoms in total. The van der Waals surface area contributed by atoms with Crippen LogP contribution in [0.25, 0.3) is 11.0 Å². The minimum Gasteiger partial charge on any atom is -0.497 e. The van der Waals surface area contributed by atoms with Crippen LogP contribution in [-0.4, -0.2) is 34.7 Å². The van der Waals surface area contributed by atoms with Gasteiger partial charge in [-0.2, -0.15) is 0 Å². The Bertz CT molecular complexity index is 1430. The molecule has 0 bridgehead atoms. The summed E-state index contributed by atoms with van der Waals surface area (Å²) < 4.78 is 73.0. The van der Waals surface area contributed by atoms with E-state index in [1.165, 1.54) is 5.56 Å². The number of benzene rings is 3. The van der Waals surface area contributed by atoms with Crippen molar-refractivity contribution in [2.75, 3.05) is 20.2 Å². The minimum atomic E-state index is -9.70. The molecule has 1 aliphatic rings. The Kier molecular flexibility index (Phi) is 6.91. The highest BCUT2D eigenvalue weighted by atomic mass is 32.5. The van der Waals surface area contributed by atoms with Gasteiger partial charge in [-0.3, -0.25) is 4.90 Å². The second-order valence-corrected chi connectivity index (χ2v) is 12.7. The molecule has 0 aliphatic carbocycles. The van der Waals surface area contributed by atoms with Crippen LogP contribution in [0.15, 0.2) is 77.7 Å². The number of nitrogens with zero attached hydrogens (tertiary/aromatic N) is 3. The molecule has 210 valence electrons. The SMILES string of the molecule is COc1ccc(CCC2CCN(Cc3nc4ccccc4n3Cc3ccc(S(F)(F)(F)(F)F)cc3)CC2)cc1. The van der Waals surface area contributed by atoms with E-state index in [1.807, 2.05) is 41.0 Å². The molecule has 0 spiro atoms. The second-order valence-electron chi connectivity index (χ2n) is 10.3. The Labute approximate surface area is 225 Å². The lowest BCUT2D eigenvalue weighted by molar-refractivity contribution is 0.167. The number of hydrogen-bond donors (Lipinski definition) is 0. The Hall–Kier alpha value is -3.11. The minimum absolute atomic E-state index is 0.245. The molecule has 2 heterocycles. The second kappa shape index (κ2) is 9.82. The monoisotopic (exact) mass is 565 g/mol. The number of aromatic nitrogens is 2. The maximum Gasteiger partial charge on any atom is 0.310 e. The van der Waals surface area contributed by atoms with Crippen molar-refractivity contribution in [2.24, 2.45) is 5.92 Å². The van der Waals surface area contributed by atoms with Crippen LogP contribution < -0.4 is 4.74 Å². The van der Waals surface area contributed by atoms with E-state index < -0.39 is 15.1 Å². The summed E-state index contributed by atoms with van der Waals surface area (Å²) in [7, 11) is -8.03. The normalized spacial score (nSPS) is 17.2. The van der Waals surface area contributed by atoms with Gasteiger partial charge in [0.05, 0.1) is 24.7 Å². The first-order valence-corrected chi connectivity index (χ1v) is 15.0. The van der Waals surface area contributed by atoms with E-state index in [1.54, 1.807) is 7.11 Å². The lowest BCUT2D eigenvalue weighted by Gasteiger charge is -2.40. The molecule has 4 aromatic rings. The predicted molar refractivity (Wildman–Crippen MR) is 146 cm³/mol. The highest BCUT2D eigenvalue weighted by molar-refractivity contribution is 8.45. The number of fused-ring (bicyclic) bond motifs is 1. The molecule has 0 unspecified atom stereocenters. The van der Waals surface area contributed by atoms with Crippen molar-refractivity contribution < 1.29 is 24.2 Å². The van der Waals surface area contributed by atoms with Gasteiger partial charge in [0.25, 0.3) is 0 Å². The lowest BCUT2D eigenvalue weighted by Crippen LogP contribution is -2.34. The molecule has 3 aromatic carbocycles. The molecule has 1 aliphatic heterocycles. The van der Waals surface area contributed by atoms with Crippen molar-refractivity contribution in [1.82, 2.24) is 14.5 Å². The van der Waals surface area contributed by atoms with Crippen molar-refractivity contribution in [2.45, 2.75) is 43.7 Å². The Morgan fingerprint density at radius 1 is 0.821 bits per heavy atom. The number of likely N-dealkylation sites (tertiary alicyclic amines) is 1. The summed E-state index contributed by atoms with van der Waals surface area (Å²) in [5, 5.41) is 0. The molecular formula is C29H32F5N3OS. The molecule has 10 heteroatoms. The standard InChI is InChI=1S/C29H32F5N3OS/c1-38-25-12-8-22(9-13-25)6-7-23-16-18-36(19-17-23)21-29-35-27-4-2-3-5-28(27)37(29)20-24-10-14-26(15-11-24)39(30,31,32,33)34/h2-5,8-15,23H,6-7,16-21H2,1H3. The third kappa shape index (κ3) is 6.73. The summed E-state index contributed by atoms with van der Waals surface area (Å²) >= 11 is 0. The fourth-order valence-electron chi connectivity index (χ4n) is 5.25. The van der Waals surface area contributed by atoms with Crippen LogP contribution >= 0.6 is 10.2 Å². The highest BCUT2D eigenvalue weighted by Gasteiger charge is 2.65. The van der Waals surface area contributed by atoms with Gasteiger partial charge in [0, 0.05) is 6.54 Å². The quantitative estimate of drug-likeness (QED) is 0.190. The predicted octanol–water partition coefficient (Wildman–Crippen LogP) is 8.60. The Morgan fingerprint density at radius 3 is 2.10 bits per heavy atom. The number of ether oxygens (including phenoxy) is 1. The van der Waals surface area contributed by atoms with E-state index in [4.69, 9.17) is 9.72 Å². The molecular weight excluding hydrogens is 533 g/mol. The van der Waals surface area contributed by atoms with E-state index >= 15 is 0 Å². The fourth-order valence-corrected chi connectivity index (χ4v) is 5.90. The fraction of sp³-hybridized carbons (Fsp3) is 0.345. The third-order valence-electron chi connectivity index (χ3n) is 7.52. The smallest absolute Gasteiger partial charge is 0.310 e. The average Bonchev–Trinajstić information content (AvgIpc) is 3.24. The van der Waals surface area contributed by atoms with Crippen LogP contribution in [-0.2, 0) is 19.5 Å². The van der Waals surface area contributed by atoms with Gasteiger partial charge in [-0.1, -0.05) is 55.8 Å². The molecule has 5 rings (SSSR count). The van der Waals surface area contributed by atoms with Crippen LogP contribution in [0.4, 0.5) is 19.4 Å². The van der Waals surface area contributed by atoms with Gasteiger partial charge < -0.3 is 9.30 Å². The zero-order valence-electron chi connectivity index (χ0n) is 21.7. The van der Waals surface area contributed by atoms with E-state index in [2.05, 4.69) is 17.0 Å². The molecule has 1 saturated heterocycles. The summed E-state index contributed by atoms with van der Waals surface area (Å²) in [6, 6.07) is 19.0. The number of piperidine rings is 1. The Morgan fingerprint density at radius 2 is 1.46 bits per heavy atom. The van der Waals surface area contributed by atoms with Gasteiger partial charge in [-0.25, -0.2) is 4.98 Å². The van der Waals surface area contributed by atoms with Crippen LogP contribution in [0.3, 0.4) is 0 Å². The van der Waals surface area contributed by atoms with Crippen molar-refractivity contribution in [3.05, 3.63) is 89.7 Å². The number of aryl methyl sites for hydroxylation is 1. The lowest BCUT2D eigenvalue weighted by atomic mass is 9.90. The number of methoxy groups -OCH3 is 1. The highest BCUT2D eigenvalue weighted by Crippen LogP contribution is 3.02. The van der Waals surface area contributed by atoms with Crippen molar-refractivity contribution in [3.8, 4) is 5.75 Å². The zero-order chi connectivity index (χ0) is 27.7. The summed E-state index contributed by atoms with van der Waals surface area (Å²) in [4.78, 5) is 5.30. The molecule has 39 heavy (non-hydrogen) atoms. The first-order valence-electron chi connectivity index (χ1n) is 13.0. The van der Waals surface area contributed by atoms with Crippen LogP contribution in [0.2, 0.25) is 0 Å².